The zero-order valence-electron chi connectivity index (χ0n) is 20.8. The summed E-state index contributed by atoms with van der Waals surface area (Å²) in [7, 11) is 0. The van der Waals surface area contributed by atoms with Gasteiger partial charge in [-0.15, -0.1) is 0 Å². The second-order valence-corrected chi connectivity index (χ2v) is 11.3. The van der Waals surface area contributed by atoms with E-state index in [1.165, 1.54) is 17.3 Å². The Balaban J connectivity index is 1.20. The molecule has 3 fully saturated rings. The number of rotatable bonds is 5. The molecule has 3 atom stereocenters. The number of halogens is 3. The van der Waals surface area contributed by atoms with E-state index in [0.717, 1.165) is 54.7 Å². The summed E-state index contributed by atoms with van der Waals surface area (Å²) in [5.41, 5.74) is 3.97. The standard InChI is InChI=1S/C26H31ClF2N6O/c1-15-8-18-11-30-24(33-21-12-31-35(23(21)27)22-10-26(22,28)29)32-20(18)9-19(15)17-4-6-34(7-5-17)25(3)14-36-13-16(25)2/h8-9,11-12,16-17,22H,4-7,10,13-14H2,1-3H3,(H,30,32,33)/t16-,22?,25+/m1/s1. The lowest BCUT2D eigenvalue weighted by Crippen LogP contribution is -2.53. The van der Waals surface area contributed by atoms with Crippen molar-refractivity contribution in [2.45, 2.75) is 63.5 Å². The van der Waals surface area contributed by atoms with E-state index >= 15 is 0 Å². The van der Waals surface area contributed by atoms with E-state index in [1.807, 2.05) is 0 Å². The summed E-state index contributed by atoms with van der Waals surface area (Å²) < 4.78 is 33.9. The zero-order chi connectivity index (χ0) is 25.2. The molecule has 0 amide bonds. The molecule has 2 aromatic heterocycles. The molecule has 1 saturated carbocycles. The maximum atomic E-state index is 13.5. The van der Waals surface area contributed by atoms with Crippen molar-refractivity contribution in [1.82, 2.24) is 24.6 Å². The number of nitrogens with one attached hydrogen (secondary N) is 1. The molecular formula is C26H31ClF2N6O. The first-order valence-electron chi connectivity index (χ1n) is 12.6. The first-order chi connectivity index (χ1) is 17.2. The van der Waals surface area contributed by atoms with Gasteiger partial charge in [0.2, 0.25) is 5.95 Å². The highest BCUT2D eigenvalue weighted by atomic mass is 35.5. The third-order valence-corrected chi connectivity index (χ3v) is 8.89. The molecule has 3 aromatic rings. The Labute approximate surface area is 214 Å². The van der Waals surface area contributed by atoms with Crippen LogP contribution < -0.4 is 5.32 Å². The van der Waals surface area contributed by atoms with Crippen molar-refractivity contribution in [3.63, 3.8) is 0 Å². The number of piperidine rings is 1. The molecule has 0 bridgehead atoms. The zero-order valence-corrected chi connectivity index (χ0v) is 21.5. The molecule has 7 nitrogen and oxygen atoms in total. The Morgan fingerprint density at radius 2 is 1.94 bits per heavy atom. The molecule has 6 rings (SSSR count). The Morgan fingerprint density at radius 1 is 1.19 bits per heavy atom. The van der Waals surface area contributed by atoms with Crippen LogP contribution in [-0.4, -0.2) is 62.4 Å². The van der Waals surface area contributed by atoms with Gasteiger partial charge in [0.25, 0.3) is 5.92 Å². The SMILES string of the molecule is Cc1cc2cnc(Nc3cnn(C4CC4(F)F)c3Cl)nc2cc1C1CCN([C@@]2(C)COC[C@H]2C)CC1. The molecule has 10 heteroatoms. The number of hydrogen-bond acceptors (Lipinski definition) is 6. The Morgan fingerprint density at radius 3 is 2.61 bits per heavy atom. The molecule has 0 spiro atoms. The summed E-state index contributed by atoms with van der Waals surface area (Å²) >= 11 is 6.32. The molecule has 1 aliphatic carbocycles. The predicted octanol–water partition coefficient (Wildman–Crippen LogP) is 5.72. The van der Waals surface area contributed by atoms with Gasteiger partial charge >= 0.3 is 0 Å². The maximum Gasteiger partial charge on any atom is 0.272 e. The summed E-state index contributed by atoms with van der Waals surface area (Å²) in [5, 5.41) is 8.18. The van der Waals surface area contributed by atoms with Crippen LogP contribution in [-0.2, 0) is 4.74 Å². The van der Waals surface area contributed by atoms with Crippen molar-refractivity contribution in [3.8, 4) is 0 Å². The van der Waals surface area contributed by atoms with E-state index in [0.29, 0.717) is 23.5 Å². The summed E-state index contributed by atoms with van der Waals surface area (Å²) in [6.45, 7) is 10.6. The predicted molar refractivity (Wildman–Crippen MR) is 135 cm³/mol. The molecule has 1 unspecified atom stereocenters. The van der Waals surface area contributed by atoms with Crippen LogP contribution >= 0.6 is 11.6 Å². The quantitative estimate of drug-likeness (QED) is 0.468. The molecule has 2 aliphatic heterocycles. The lowest BCUT2D eigenvalue weighted by molar-refractivity contribution is 0.0434. The summed E-state index contributed by atoms with van der Waals surface area (Å²) in [4.78, 5) is 11.7. The number of ether oxygens (including phenoxy) is 1. The third-order valence-electron chi connectivity index (χ3n) is 8.52. The molecule has 2 saturated heterocycles. The van der Waals surface area contributed by atoms with E-state index in [4.69, 9.17) is 21.3 Å². The molecule has 3 aliphatic rings. The van der Waals surface area contributed by atoms with Gasteiger partial charge in [-0.1, -0.05) is 18.5 Å². The number of benzene rings is 1. The van der Waals surface area contributed by atoms with Crippen molar-refractivity contribution in [3.05, 3.63) is 40.8 Å². The smallest absolute Gasteiger partial charge is 0.272 e. The number of fused-ring (bicyclic) bond motifs is 1. The van der Waals surface area contributed by atoms with Gasteiger partial charge in [0.1, 0.15) is 6.04 Å². The van der Waals surface area contributed by atoms with E-state index in [9.17, 15) is 8.78 Å². The molecule has 1 N–H and O–H groups in total. The van der Waals surface area contributed by atoms with Crippen LogP contribution in [0.3, 0.4) is 0 Å². The Bertz CT molecular complexity index is 1310. The summed E-state index contributed by atoms with van der Waals surface area (Å²) in [5.74, 6) is -1.37. The Hall–Kier alpha value is -2.36. The van der Waals surface area contributed by atoms with E-state index < -0.39 is 12.0 Å². The third kappa shape index (κ3) is 4.05. The molecule has 36 heavy (non-hydrogen) atoms. The van der Waals surface area contributed by atoms with Crippen LogP contribution in [0, 0.1) is 12.8 Å². The molecule has 192 valence electrons. The number of aryl methyl sites for hydroxylation is 1. The molecule has 1 aromatic carbocycles. The largest absolute Gasteiger partial charge is 0.379 e. The number of alkyl halides is 2. The highest BCUT2D eigenvalue weighted by Crippen LogP contribution is 2.53. The lowest BCUT2D eigenvalue weighted by Gasteiger charge is -2.44. The minimum absolute atomic E-state index is 0.127. The van der Waals surface area contributed by atoms with Crippen molar-refractivity contribution >= 4 is 34.1 Å². The number of aromatic nitrogens is 4. The van der Waals surface area contributed by atoms with Crippen LogP contribution in [0.2, 0.25) is 5.15 Å². The van der Waals surface area contributed by atoms with Gasteiger partial charge < -0.3 is 10.1 Å². The van der Waals surface area contributed by atoms with Crippen molar-refractivity contribution in [2.75, 3.05) is 31.6 Å². The topological polar surface area (TPSA) is 68.1 Å². The van der Waals surface area contributed by atoms with Crippen LogP contribution in [0.1, 0.15) is 56.2 Å². The van der Waals surface area contributed by atoms with Crippen LogP contribution in [0.15, 0.2) is 24.5 Å². The highest BCUT2D eigenvalue weighted by Gasteiger charge is 2.59. The second-order valence-electron chi connectivity index (χ2n) is 10.9. The lowest BCUT2D eigenvalue weighted by atomic mass is 9.82. The maximum absolute atomic E-state index is 13.5. The van der Waals surface area contributed by atoms with Gasteiger partial charge in [-0.3, -0.25) is 4.90 Å². The van der Waals surface area contributed by atoms with Crippen molar-refractivity contribution < 1.29 is 13.5 Å². The van der Waals surface area contributed by atoms with E-state index in [2.05, 4.69) is 53.2 Å². The molecule has 4 heterocycles. The summed E-state index contributed by atoms with van der Waals surface area (Å²) in [6, 6.07) is 3.34. The van der Waals surface area contributed by atoms with Gasteiger partial charge in [0, 0.05) is 23.5 Å². The first kappa shape index (κ1) is 24.0. The fraction of sp³-hybridized carbons (Fsp3) is 0.577. The summed E-state index contributed by atoms with van der Waals surface area (Å²) in [6.07, 6.45) is 5.18. The minimum Gasteiger partial charge on any atom is -0.379 e. The number of anilines is 2. The van der Waals surface area contributed by atoms with Gasteiger partial charge in [-0.05, 0) is 74.9 Å². The van der Waals surface area contributed by atoms with Gasteiger partial charge in [0.15, 0.2) is 5.15 Å². The van der Waals surface area contributed by atoms with Gasteiger partial charge in [0.05, 0.1) is 30.6 Å². The minimum atomic E-state index is -2.75. The average molecular weight is 517 g/mol. The fourth-order valence-corrected chi connectivity index (χ4v) is 6.07. The van der Waals surface area contributed by atoms with Crippen LogP contribution in [0.5, 0.6) is 0 Å². The van der Waals surface area contributed by atoms with Gasteiger partial charge in [-0.2, -0.15) is 5.10 Å². The second kappa shape index (κ2) is 8.60. The van der Waals surface area contributed by atoms with Crippen molar-refractivity contribution in [2.24, 2.45) is 5.92 Å². The molecule has 0 radical (unpaired) electrons. The number of hydrogen-bond donors (Lipinski definition) is 1. The average Bonchev–Trinajstić information content (AvgIpc) is 3.13. The molecular weight excluding hydrogens is 486 g/mol. The normalized spacial score (nSPS) is 28.6. The van der Waals surface area contributed by atoms with Gasteiger partial charge in [-0.25, -0.2) is 23.4 Å². The fourth-order valence-electron chi connectivity index (χ4n) is 5.81. The van der Waals surface area contributed by atoms with Crippen LogP contribution in [0.4, 0.5) is 20.4 Å². The van der Waals surface area contributed by atoms with Crippen molar-refractivity contribution in [1.29, 1.82) is 0 Å². The highest BCUT2D eigenvalue weighted by molar-refractivity contribution is 6.32. The Kier molecular flexibility index (Phi) is 5.73. The number of likely N-dealkylation sites (tertiary alicyclic amines) is 1. The monoisotopic (exact) mass is 516 g/mol. The first-order valence-corrected chi connectivity index (χ1v) is 13.0. The van der Waals surface area contributed by atoms with E-state index in [1.54, 1.807) is 6.20 Å². The van der Waals surface area contributed by atoms with Crippen LogP contribution in [0.25, 0.3) is 10.9 Å². The number of nitrogens with zero attached hydrogens (tertiary/aromatic N) is 5. The van der Waals surface area contributed by atoms with E-state index in [-0.39, 0.29) is 17.1 Å².